The number of likely N-dealkylation sites (tertiary alicyclic amines) is 1. The number of ether oxygens (including phenoxy) is 1. The van der Waals surface area contributed by atoms with Crippen LogP contribution in [0.3, 0.4) is 0 Å². The molecule has 0 spiro atoms. The maximum absolute atomic E-state index is 12.8. The summed E-state index contributed by atoms with van der Waals surface area (Å²) in [6.07, 6.45) is 5.23. The van der Waals surface area contributed by atoms with E-state index in [1.165, 1.54) is 0 Å². The summed E-state index contributed by atoms with van der Waals surface area (Å²) in [5.41, 5.74) is 1.66. The van der Waals surface area contributed by atoms with Crippen molar-refractivity contribution in [3.05, 3.63) is 66.0 Å². The number of pyridine rings is 1. The van der Waals surface area contributed by atoms with E-state index in [4.69, 9.17) is 4.74 Å². The fourth-order valence-electron chi connectivity index (χ4n) is 3.94. The Kier molecular flexibility index (Phi) is 5.26. The van der Waals surface area contributed by atoms with Crippen LogP contribution in [0.5, 0.6) is 11.5 Å². The lowest BCUT2D eigenvalue weighted by molar-refractivity contribution is 0.0834. The molecule has 1 aliphatic rings. The molecule has 0 aliphatic carbocycles. The largest absolute Gasteiger partial charge is 0.508 e. The molecule has 1 fully saturated rings. The summed E-state index contributed by atoms with van der Waals surface area (Å²) in [6, 6.07) is 13.0. The van der Waals surface area contributed by atoms with Gasteiger partial charge in [0, 0.05) is 41.4 Å². The lowest BCUT2D eigenvalue weighted by Gasteiger charge is -2.31. The van der Waals surface area contributed by atoms with Crippen molar-refractivity contribution in [1.29, 1.82) is 0 Å². The summed E-state index contributed by atoms with van der Waals surface area (Å²) in [5.74, 6) is 1.32. The van der Waals surface area contributed by atoms with Gasteiger partial charge < -0.3 is 9.84 Å². The number of carbonyl (C=O) groups excluding carboxylic acids is 1. The van der Waals surface area contributed by atoms with Crippen molar-refractivity contribution in [3.63, 3.8) is 0 Å². The molecule has 144 valence electrons. The van der Waals surface area contributed by atoms with E-state index in [-0.39, 0.29) is 11.7 Å². The molecule has 4 rings (SSSR count). The van der Waals surface area contributed by atoms with Crippen molar-refractivity contribution in [2.45, 2.75) is 19.4 Å². The molecule has 0 saturated carbocycles. The number of Topliss-reactive ketones (excluding diaryl/α,β-unsaturated/α-hetero) is 1. The smallest absolute Gasteiger partial charge is 0.166 e. The molecule has 0 bridgehead atoms. The van der Waals surface area contributed by atoms with E-state index in [9.17, 15) is 9.90 Å². The zero-order chi connectivity index (χ0) is 19.5. The summed E-state index contributed by atoms with van der Waals surface area (Å²) in [4.78, 5) is 19.3. The maximum atomic E-state index is 12.8. The first kappa shape index (κ1) is 18.4. The number of benzene rings is 2. The fraction of sp³-hybridized carbons (Fsp3) is 0.304. The minimum absolute atomic E-state index is 0.0485. The van der Waals surface area contributed by atoms with Crippen molar-refractivity contribution >= 4 is 16.6 Å². The second kappa shape index (κ2) is 7.98. The molecular formula is C23H24N2O3. The summed E-state index contributed by atoms with van der Waals surface area (Å²) in [7, 11) is 1.62. The highest BCUT2D eigenvalue weighted by Gasteiger charge is 2.26. The van der Waals surface area contributed by atoms with Crippen molar-refractivity contribution in [3.8, 4) is 11.5 Å². The molecule has 3 aromatic rings. The van der Waals surface area contributed by atoms with Gasteiger partial charge in [0.1, 0.15) is 11.5 Å². The Labute approximate surface area is 164 Å². The first-order valence-corrected chi connectivity index (χ1v) is 9.61. The lowest BCUT2D eigenvalue weighted by Crippen LogP contribution is -2.36. The Hall–Kier alpha value is -2.92. The Morgan fingerprint density at radius 2 is 1.89 bits per heavy atom. The molecule has 1 N–H and O–H groups in total. The van der Waals surface area contributed by atoms with Crippen molar-refractivity contribution in [2.24, 2.45) is 5.92 Å². The second-order valence-corrected chi connectivity index (χ2v) is 7.30. The summed E-state index contributed by atoms with van der Waals surface area (Å²) >= 11 is 0. The Balaban J connectivity index is 1.42. The number of carbonyl (C=O) groups is 1. The van der Waals surface area contributed by atoms with Gasteiger partial charge in [-0.2, -0.15) is 0 Å². The van der Waals surface area contributed by atoms with Crippen LogP contribution in [0.25, 0.3) is 10.8 Å². The topological polar surface area (TPSA) is 62.7 Å². The van der Waals surface area contributed by atoms with E-state index >= 15 is 0 Å². The number of phenols is 1. The molecule has 1 saturated heterocycles. The van der Waals surface area contributed by atoms with Crippen LogP contribution in [0.15, 0.2) is 54.9 Å². The maximum Gasteiger partial charge on any atom is 0.166 e. The number of ketones is 1. The third-order valence-corrected chi connectivity index (χ3v) is 5.62. The van der Waals surface area contributed by atoms with Gasteiger partial charge in [-0.3, -0.25) is 14.7 Å². The molecule has 0 amide bonds. The van der Waals surface area contributed by atoms with Crippen LogP contribution in [-0.2, 0) is 6.54 Å². The molecule has 5 heteroatoms. The first-order valence-electron chi connectivity index (χ1n) is 9.61. The van der Waals surface area contributed by atoms with Crippen LogP contribution in [0, 0.1) is 5.92 Å². The van der Waals surface area contributed by atoms with Gasteiger partial charge in [0.2, 0.25) is 0 Å². The van der Waals surface area contributed by atoms with E-state index in [0.717, 1.165) is 53.6 Å². The molecular weight excluding hydrogens is 352 g/mol. The highest BCUT2D eigenvalue weighted by atomic mass is 16.5. The number of hydrogen-bond acceptors (Lipinski definition) is 5. The molecule has 28 heavy (non-hydrogen) atoms. The number of hydrogen-bond donors (Lipinski definition) is 1. The average molecular weight is 376 g/mol. The molecule has 2 heterocycles. The molecule has 0 atom stereocenters. The van der Waals surface area contributed by atoms with E-state index in [1.54, 1.807) is 19.4 Å². The van der Waals surface area contributed by atoms with Crippen LogP contribution in [0.1, 0.15) is 28.8 Å². The number of methoxy groups -OCH3 is 1. The number of fused-ring (bicyclic) bond motifs is 1. The van der Waals surface area contributed by atoms with Gasteiger partial charge in [0.15, 0.2) is 5.78 Å². The SMILES string of the molecule is COc1ccc(C(=O)C2CCN(Cc3c(O)ccc4ccncc34)CC2)cc1. The van der Waals surface area contributed by atoms with Crippen LogP contribution in [0.2, 0.25) is 0 Å². The predicted octanol–water partition coefficient (Wildman–Crippen LogP) is 4.04. The molecule has 1 aliphatic heterocycles. The van der Waals surface area contributed by atoms with Crippen LogP contribution in [-0.4, -0.2) is 41.0 Å². The number of phenolic OH excluding ortho intramolecular Hbond substituents is 1. The van der Waals surface area contributed by atoms with Gasteiger partial charge in [-0.05, 0) is 67.7 Å². The monoisotopic (exact) mass is 376 g/mol. The first-order chi connectivity index (χ1) is 13.7. The third kappa shape index (κ3) is 3.71. The summed E-state index contributed by atoms with van der Waals surface area (Å²) in [5, 5.41) is 12.4. The highest BCUT2D eigenvalue weighted by Crippen LogP contribution is 2.30. The standard InChI is InChI=1S/C23H24N2O3/c1-28-19-5-2-17(3-6-19)23(27)18-9-12-25(13-10-18)15-21-20-14-24-11-8-16(20)4-7-22(21)26/h2-8,11,14,18,26H,9-10,12-13,15H2,1H3. The highest BCUT2D eigenvalue weighted by molar-refractivity contribution is 5.98. The number of aromatic nitrogens is 1. The lowest BCUT2D eigenvalue weighted by atomic mass is 9.88. The van der Waals surface area contributed by atoms with Gasteiger partial charge in [-0.25, -0.2) is 0 Å². The minimum Gasteiger partial charge on any atom is -0.508 e. The zero-order valence-electron chi connectivity index (χ0n) is 16.0. The minimum atomic E-state index is 0.0485. The Morgan fingerprint density at radius 1 is 1.14 bits per heavy atom. The van der Waals surface area contributed by atoms with Crippen LogP contribution in [0.4, 0.5) is 0 Å². The molecule has 1 aromatic heterocycles. The van der Waals surface area contributed by atoms with Crippen molar-refractivity contribution in [1.82, 2.24) is 9.88 Å². The number of aromatic hydroxyl groups is 1. The molecule has 0 unspecified atom stereocenters. The number of piperidine rings is 1. The quantitative estimate of drug-likeness (QED) is 0.681. The van der Waals surface area contributed by atoms with E-state index < -0.39 is 0 Å². The van der Waals surface area contributed by atoms with E-state index in [0.29, 0.717) is 12.3 Å². The van der Waals surface area contributed by atoms with Crippen molar-refractivity contribution in [2.75, 3.05) is 20.2 Å². The summed E-state index contributed by atoms with van der Waals surface area (Å²) in [6.45, 7) is 2.34. The van der Waals surface area contributed by atoms with E-state index in [2.05, 4.69) is 9.88 Å². The Bertz CT molecular complexity index is 977. The normalized spacial score (nSPS) is 15.6. The van der Waals surface area contributed by atoms with Crippen molar-refractivity contribution < 1.29 is 14.6 Å². The number of rotatable bonds is 5. The van der Waals surface area contributed by atoms with Gasteiger partial charge in [0.25, 0.3) is 0 Å². The summed E-state index contributed by atoms with van der Waals surface area (Å²) < 4.78 is 5.16. The molecule has 5 nitrogen and oxygen atoms in total. The second-order valence-electron chi connectivity index (χ2n) is 7.30. The average Bonchev–Trinajstić information content (AvgIpc) is 2.76. The Morgan fingerprint density at radius 3 is 2.61 bits per heavy atom. The van der Waals surface area contributed by atoms with Crippen LogP contribution >= 0.6 is 0 Å². The fourth-order valence-corrected chi connectivity index (χ4v) is 3.94. The van der Waals surface area contributed by atoms with Gasteiger partial charge >= 0.3 is 0 Å². The van der Waals surface area contributed by atoms with Gasteiger partial charge in [-0.15, -0.1) is 0 Å². The third-order valence-electron chi connectivity index (χ3n) is 5.62. The van der Waals surface area contributed by atoms with E-state index in [1.807, 2.05) is 42.6 Å². The molecule has 0 radical (unpaired) electrons. The van der Waals surface area contributed by atoms with Crippen LogP contribution < -0.4 is 4.74 Å². The van der Waals surface area contributed by atoms with Gasteiger partial charge in [-0.1, -0.05) is 6.07 Å². The zero-order valence-corrected chi connectivity index (χ0v) is 16.0. The number of nitrogens with zero attached hydrogens (tertiary/aromatic N) is 2. The van der Waals surface area contributed by atoms with Gasteiger partial charge in [0.05, 0.1) is 7.11 Å². The predicted molar refractivity (Wildman–Crippen MR) is 109 cm³/mol. The molecule has 2 aromatic carbocycles.